The summed E-state index contributed by atoms with van der Waals surface area (Å²) >= 11 is 0. The molecule has 2 aromatic carbocycles. The van der Waals surface area contributed by atoms with Gasteiger partial charge in [0.15, 0.2) is 0 Å². The van der Waals surface area contributed by atoms with Crippen LogP contribution in [0.3, 0.4) is 0 Å². The van der Waals surface area contributed by atoms with Gasteiger partial charge in [-0.05, 0) is 55.0 Å². The number of oxazole rings is 1. The maximum atomic E-state index is 14.2. The predicted octanol–water partition coefficient (Wildman–Crippen LogP) is 5.85. The number of carboxylic acids is 1. The van der Waals surface area contributed by atoms with Gasteiger partial charge >= 0.3 is 5.97 Å². The Morgan fingerprint density at radius 1 is 1.05 bits per heavy atom. The second-order valence-corrected chi connectivity index (χ2v) is 9.51. The zero-order valence-corrected chi connectivity index (χ0v) is 22.0. The number of carboxylic acid groups (broad SMARTS) is 1. The largest absolute Gasteiger partial charge is 0.478 e. The van der Waals surface area contributed by atoms with E-state index < -0.39 is 5.97 Å². The number of aromatic carboxylic acids is 1. The number of pyridine rings is 2. The van der Waals surface area contributed by atoms with Crippen molar-refractivity contribution >= 4 is 17.0 Å². The number of aromatic nitrogens is 5. The monoisotopic (exact) mass is 549 g/mol. The second kappa shape index (κ2) is 11.0. The number of rotatable bonds is 9. The molecular formula is C31H24FN5O4. The minimum atomic E-state index is -1.01. The highest BCUT2D eigenvalue weighted by atomic mass is 19.1. The molecule has 6 aromatic rings. The molecule has 0 aliphatic rings. The van der Waals surface area contributed by atoms with Crippen molar-refractivity contribution < 1.29 is 23.4 Å². The summed E-state index contributed by atoms with van der Waals surface area (Å²) in [7, 11) is 0. The fourth-order valence-corrected chi connectivity index (χ4v) is 4.50. The van der Waals surface area contributed by atoms with Gasteiger partial charge < -0.3 is 18.8 Å². The fraction of sp³-hybridized carbons (Fsp3) is 0.129. The number of imidazole rings is 1. The van der Waals surface area contributed by atoms with Crippen LogP contribution in [-0.2, 0) is 19.6 Å². The van der Waals surface area contributed by atoms with Gasteiger partial charge in [0.2, 0.25) is 11.8 Å². The van der Waals surface area contributed by atoms with Crippen molar-refractivity contribution in [2.75, 3.05) is 0 Å². The Bertz CT molecular complexity index is 1850. The van der Waals surface area contributed by atoms with Gasteiger partial charge in [-0.25, -0.2) is 24.1 Å². The normalized spacial score (nSPS) is 11.2. The number of nitrogens with zero attached hydrogens (tertiary/aromatic N) is 5. The molecule has 0 atom stereocenters. The van der Waals surface area contributed by atoms with Gasteiger partial charge in [0.05, 0.1) is 28.5 Å². The van der Waals surface area contributed by atoms with Gasteiger partial charge in [0.25, 0.3) is 0 Å². The molecule has 4 heterocycles. The third-order valence-corrected chi connectivity index (χ3v) is 6.62. The molecule has 0 aliphatic heterocycles. The predicted molar refractivity (Wildman–Crippen MR) is 148 cm³/mol. The Labute approximate surface area is 233 Å². The van der Waals surface area contributed by atoms with Crippen LogP contribution in [0.15, 0.2) is 89.8 Å². The Morgan fingerprint density at radius 3 is 2.71 bits per heavy atom. The summed E-state index contributed by atoms with van der Waals surface area (Å²) in [5.41, 5.74) is 5.04. The van der Waals surface area contributed by atoms with Gasteiger partial charge in [-0.3, -0.25) is 4.98 Å². The third-order valence-electron chi connectivity index (χ3n) is 6.62. The molecule has 0 radical (unpaired) electrons. The van der Waals surface area contributed by atoms with Crippen LogP contribution in [0.1, 0.15) is 38.9 Å². The molecule has 0 bridgehead atoms. The van der Waals surface area contributed by atoms with E-state index in [9.17, 15) is 14.3 Å². The van der Waals surface area contributed by atoms with E-state index in [-0.39, 0.29) is 18.0 Å². The van der Waals surface area contributed by atoms with E-state index in [1.165, 1.54) is 18.4 Å². The van der Waals surface area contributed by atoms with Crippen LogP contribution < -0.4 is 4.74 Å². The van der Waals surface area contributed by atoms with E-state index >= 15 is 0 Å². The number of hydrogen-bond acceptors (Lipinski definition) is 7. The summed E-state index contributed by atoms with van der Waals surface area (Å²) in [4.78, 5) is 29.7. The van der Waals surface area contributed by atoms with Crippen LogP contribution in [0.4, 0.5) is 4.39 Å². The molecule has 1 N–H and O–H groups in total. The molecule has 10 heteroatoms. The molecule has 0 amide bonds. The molecule has 0 fully saturated rings. The summed E-state index contributed by atoms with van der Waals surface area (Å²) in [5, 5.41) is 9.47. The first-order valence-corrected chi connectivity index (χ1v) is 12.8. The number of benzene rings is 2. The molecule has 0 spiro atoms. The standard InChI is InChI=1S/C31H24FN5O4/c1-19-5-6-22(24(32)13-19)18-41-29-4-2-3-25(36-29)21-7-9-23(34-16-21)15-28-35-26-10-8-20(31(38)39)14-27(26)37(28)17-30-33-11-12-40-30/h2-14,16H,15,17-18H2,1H3,(H,38,39). The molecule has 0 saturated carbocycles. The lowest BCUT2D eigenvalue weighted by atomic mass is 10.1. The molecule has 4 aromatic heterocycles. The van der Waals surface area contributed by atoms with Crippen LogP contribution in [-0.4, -0.2) is 35.6 Å². The second-order valence-electron chi connectivity index (χ2n) is 9.51. The van der Waals surface area contributed by atoms with Crippen molar-refractivity contribution in [2.45, 2.75) is 26.5 Å². The van der Waals surface area contributed by atoms with Crippen LogP contribution in [0, 0.1) is 12.7 Å². The first kappa shape index (κ1) is 25.9. The Balaban J connectivity index is 1.22. The zero-order valence-electron chi connectivity index (χ0n) is 22.0. The molecule has 0 aliphatic carbocycles. The molecule has 6 rings (SSSR count). The van der Waals surface area contributed by atoms with E-state index in [1.807, 2.05) is 41.8 Å². The summed E-state index contributed by atoms with van der Waals surface area (Å²) in [6.45, 7) is 2.20. The Hall–Kier alpha value is -5.38. The highest BCUT2D eigenvalue weighted by Crippen LogP contribution is 2.24. The molecule has 41 heavy (non-hydrogen) atoms. The van der Waals surface area contributed by atoms with E-state index in [2.05, 4.69) is 15.0 Å². The van der Waals surface area contributed by atoms with Crippen LogP contribution >= 0.6 is 0 Å². The number of hydrogen-bond donors (Lipinski definition) is 1. The van der Waals surface area contributed by atoms with E-state index in [1.54, 1.807) is 36.7 Å². The van der Waals surface area contributed by atoms with Crippen molar-refractivity contribution in [2.24, 2.45) is 0 Å². The minimum Gasteiger partial charge on any atom is -0.478 e. The van der Waals surface area contributed by atoms with Gasteiger partial charge in [-0.1, -0.05) is 18.2 Å². The first-order chi connectivity index (χ1) is 19.9. The van der Waals surface area contributed by atoms with E-state index in [0.717, 1.165) is 16.8 Å². The number of fused-ring (bicyclic) bond motifs is 1. The summed E-state index contributed by atoms with van der Waals surface area (Å²) < 4.78 is 27.3. The van der Waals surface area contributed by atoms with Crippen LogP contribution in [0.2, 0.25) is 0 Å². The fourth-order valence-electron chi connectivity index (χ4n) is 4.50. The average Bonchev–Trinajstić information content (AvgIpc) is 3.61. The lowest BCUT2D eigenvalue weighted by Gasteiger charge is -2.09. The molecule has 9 nitrogen and oxygen atoms in total. The highest BCUT2D eigenvalue weighted by molar-refractivity contribution is 5.92. The van der Waals surface area contributed by atoms with Gasteiger partial charge in [-0.15, -0.1) is 0 Å². The Morgan fingerprint density at radius 2 is 1.95 bits per heavy atom. The maximum absolute atomic E-state index is 14.2. The number of aryl methyl sites for hydroxylation is 1. The summed E-state index contributed by atoms with van der Waals surface area (Å²) in [5.74, 6) is 0.232. The van der Waals surface area contributed by atoms with Gasteiger partial charge in [0, 0.05) is 35.5 Å². The smallest absolute Gasteiger partial charge is 0.335 e. The van der Waals surface area contributed by atoms with Crippen molar-refractivity contribution in [1.82, 2.24) is 24.5 Å². The van der Waals surface area contributed by atoms with Crippen molar-refractivity contribution in [1.29, 1.82) is 0 Å². The molecular weight excluding hydrogens is 525 g/mol. The average molecular weight is 550 g/mol. The SMILES string of the molecule is Cc1ccc(COc2cccc(-c3ccc(Cc4nc5ccc(C(=O)O)cc5n4Cc4ncco4)nc3)n2)c(F)c1. The Kier molecular flexibility index (Phi) is 6.95. The van der Waals surface area contributed by atoms with Crippen molar-refractivity contribution in [3.05, 3.63) is 125 Å². The van der Waals surface area contributed by atoms with Gasteiger partial charge in [0.1, 0.15) is 31.1 Å². The summed E-state index contributed by atoms with van der Waals surface area (Å²) in [6.07, 6.45) is 5.18. The van der Waals surface area contributed by atoms with E-state index in [0.29, 0.717) is 52.9 Å². The minimum absolute atomic E-state index is 0.0717. The molecule has 0 unspecified atom stereocenters. The van der Waals surface area contributed by atoms with E-state index in [4.69, 9.17) is 14.1 Å². The maximum Gasteiger partial charge on any atom is 0.335 e. The lowest BCUT2D eigenvalue weighted by Crippen LogP contribution is -2.07. The van der Waals surface area contributed by atoms with Crippen molar-refractivity contribution in [3.63, 3.8) is 0 Å². The molecule has 204 valence electrons. The zero-order chi connectivity index (χ0) is 28.3. The number of ether oxygens (including phenoxy) is 1. The topological polar surface area (TPSA) is 116 Å². The van der Waals surface area contributed by atoms with Gasteiger partial charge in [-0.2, -0.15) is 0 Å². The lowest BCUT2D eigenvalue weighted by molar-refractivity contribution is 0.0697. The quantitative estimate of drug-likeness (QED) is 0.239. The highest BCUT2D eigenvalue weighted by Gasteiger charge is 2.16. The first-order valence-electron chi connectivity index (χ1n) is 12.8. The van der Waals surface area contributed by atoms with Crippen molar-refractivity contribution in [3.8, 4) is 17.1 Å². The molecule has 0 saturated heterocycles. The number of carbonyl (C=O) groups is 1. The van der Waals surface area contributed by atoms with Crippen LogP contribution in [0.5, 0.6) is 5.88 Å². The number of halogens is 1. The third kappa shape index (κ3) is 5.67. The van der Waals surface area contributed by atoms with Crippen LogP contribution in [0.25, 0.3) is 22.3 Å². The summed E-state index contributed by atoms with van der Waals surface area (Å²) in [6, 6.07) is 19.1.